The highest BCUT2D eigenvalue weighted by Crippen LogP contribution is 2.32. The number of imidazole rings is 1. The summed E-state index contributed by atoms with van der Waals surface area (Å²) in [7, 11) is 3.54. The molecule has 29 heavy (non-hydrogen) atoms. The number of fused-ring (bicyclic) bond motifs is 1. The normalized spacial score (nSPS) is 16.4. The van der Waals surface area contributed by atoms with Crippen LogP contribution in [0.25, 0.3) is 22.2 Å². The maximum absolute atomic E-state index is 12.1. The number of aryl methyl sites for hydroxylation is 2. The van der Waals surface area contributed by atoms with Gasteiger partial charge in [-0.25, -0.2) is 4.98 Å². The zero-order valence-electron chi connectivity index (χ0n) is 17.6. The summed E-state index contributed by atoms with van der Waals surface area (Å²) < 4.78 is 15.1. The highest BCUT2D eigenvalue weighted by Gasteiger charge is 2.24. The molecule has 0 N–H and O–H groups in total. The van der Waals surface area contributed by atoms with Gasteiger partial charge in [-0.15, -0.1) is 0 Å². The molecule has 1 saturated heterocycles. The highest BCUT2D eigenvalue weighted by molar-refractivity contribution is 5.82. The van der Waals surface area contributed by atoms with Crippen LogP contribution in [0.5, 0.6) is 0 Å². The maximum atomic E-state index is 12.1. The van der Waals surface area contributed by atoms with Gasteiger partial charge in [0.2, 0.25) is 0 Å². The van der Waals surface area contributed by atoms with Gasteiger partial charge in [0.25, 0.3) is 5.56 Å². The van der Waals surface area contributed by atoms with Crippen LogP contribution in [0.2, 0.25) is 0 Å². The molecular weight excluding hydrogens is 366 g/mol. The molecule has 1 aliphatic heterocycles. The number of aromatic nitrogens is 3. The zero-order valence-corrected chi connectivity index (χ0v) is 17.6. The van der Waals surface area contributed by atoms with Crippen molar-refractivity contribution in [1.82, 2.24) is 14.1 Å². The van der Waals surface area contributed by atoms with Gasteiger partial charge >= 0.3 is 0 Å². The predicted molar refractivity (Wildman–Crippen MR) is 114 cm³/mol. The van der Waals surface area contributed by atoms with Crippen LogP contribution < -0.4 is 5.56 Å². The molecular formula is C23H29N3O3. The summed E-state index contributed by atoms with van der Waals surface area (Å²) in [6, 6.07) is 8.32. The van der Waals surface area contributed by atoms with E-state index in [-0.39, 0.29) is 11.7 Å². The summed E-state index contributed by atoms with van der Waals surface area (Å²) >= 11 is 0. The molecule has 3 heterocycles. The van der Waals surface area contributed by atoms with Crippen LogP contribution in [0.15, 0.2) is 35.3 Å². The first-order chi connectivity index (χ1) is 14.0. The topological polar surface area (TPSA) is 58.3 Å². The lowest BCUT2D eigenvalue weighted by Crippen LogP contribution is -2.21. The van der Waals surface area contributed by atoms with Crippen LogP contribution in [-0.2, 0) is 23.1 Å². The second-order valence-corrected chi connectivity index (χ2v) is 8.04. The Hall–Kier alpha value is -2.44. The van der Waals surface area contributed by atoms with Crippen molar-refractivity contribution in [1.29, 1.82) is 0 Å². The van der Waals surface area contributed by atoms with E-state index < -0.39 is 0 Å². The standard InChI is InChI=1S/C23H29N3O3/c1-15-11-19(14-25(3)23(15)27)18-5-6-20-21(12-18)26(13-16(2)28-4)22(24-20)17-7-9-29-10-8-17/h5-6,11-12,14,16-17H,7-10,13H2,1-4H3. The largest absolute Gasteiger partial charge is 0.381 e. The van der Waals surface area contributed by atoms with Crippen LogP contribution in [0, 0.1) is 6.92 Å². The third kappa shape index (κ3) is 3.87. The molecule has 1 aromatic carbocycles. The molecule has 0 radical (unpaired) electrons. The monoisotopic (exact) mass is 395 g/mol. The highest BCUT2D eigenvalue weighted by atomic mass is 16.5. The van der Waals surface area contributed by atoms with Gasteiger partial charge in [-0.2, -0.15) is 0 Å². The second kappa shape index (κ2) is 8.13. The predicted octanol–water partition coefficient (Wildman–Crippen LogP) is 3.64. The fourth-order valence-corrected chi connectivity index (χ4v) is 4.15. The summed E-state index contributed by atoms with van der Waals surface area (Å²) in [5, 5.41) is 0. The molecule has 0 saturated carbocycles. The van der Waals surface area contributed by atoms with E-state index in [1.54, 1.807) is 18.7 Å². The second-order valence-electron chi connectivity index (χ2n) is 8.04. The van der Waals surface area contributed by atoms with Gasteiger partial charge < -0.3 is 18.6 Å². The molecule has 0 aliphatic carbocycles. The van der Waals surface area contributed by atoms with Crippen LogP contribution in [0.3, 0.4) is 0 Å². The first-order valence-corrected chi connectivity index (χ1v) is 10.3. The average molecular weight is 396 g/mol. The van der Waals surface area contributed by atoms with Crippen molar-refractivity contribution in [3.05, 3.63) is 52.2 Å². The first kappa shape index (κ1) is 19.9. The molecule has 0 spiro atoms. The zero-order chi connectivity index (χ0) is 20.5. The number of benzene rings is 1. The number of ether oxygens (including phenoxy) is 2. The SMILES string of the molecule is COC(C)Cn1c(C2CCOCC2)nc2ccc(-c3cc(C)c(=O)n(C)c3)cc21. The number of nitrogens with zero attached hydrogens (tertiary/aromatic N) is 3. The Morgan fingerprint density at radius 2 is 2.00 bits per heavy atom. The number of rotatable bonds is 5. The van der Waals surface area contributed by atoms with Crippen molar-refractivity contribution in [2.75, 3.05) is 20.3 Å². The number of hydrogen-bond donors (Lipinski definition) is 0. The van der Waals surface area contributed by atoms with Crippen LogP contribution in [0.1, 0.15) is 37.1 Å². The number of methoxy groups -OCH3 is 1. The Bertz CT molecular complexity index is 1050. The Morgan fingerprint density at radius 1 is 1.24 bits per heavy atom. The van der Waals surface area contributed by atoms with E-state index in [9.17, 15) is 4.79 Å². The first-order valence-electron chi connectivity index (χ1n) is 10.3. The molecule has 1 unspecified atom stereocenters. The van der Waals surface area contributed by atoms with Gasteiger partial charge in [0, 0.05) is 45.0 Å². The summed E-state index contributed by atoms with van der Waals surface area (Å²) in [5.74, 6) is 1.53. The molecule has 1 aliphatic rings. The minimum Gasteiger partial charge on any atom is -0.381 e. The van der Waals surface area contributed by atoms with Gasteiger partial charge in [0.05, 0.1) is 23.7 Å². The molecule has 3 aromatic rings. The van der Waals surface area contributed by atoms with Crippen LogP contribution >= 0.6 is 0 Å². The number of pyridine rings is 1. The van der Waals surface area contributed by atoms with Crippen LogP contribution in [0.4, 0.5) is 0 Å². The number of hydrogen-bond acceptors (Lipinski definition) is 4. The van der Waals surface area contributed by atoms with E-state index in [1.807, 2.05) is 19.2 Å². The average Bonchev–Trinajstić information content (AvgIpc) is 3.09. The fourth-order valence-electron chi connectivity index (χ4n) is 4.15. The van der Waals surface area contributed by atoms with Gasteiger partial charge in [-0.05, 0) is 56.0 Å². The molecule has 2 aromatic heterocycles. The van der Waals surface area contributed by atoms with E-state index in [2.05, 4.69) is 29.7 Å². The van der Waals surface area contributed by atoms with Gasteiger partial charge in [-0.1, -0.05) is 6.07 Å². The van der Waals surface area contributed by atoms with E-state index in [0.29, 0.717) is 5.92 Å². The van der Waals surface area contributed by atoms with Crippen molar-refractivity contribution in [2.45, 2.75) is 45.3 Å². The molecule has 1 fully saturated rings. The smallest absolute Gasteiger partial charge is 0.253 e. The molecule has 0 bridgehead atoms. The molecule has 6 heteroatoms. The Morgan fingerprint density at radius 3 is 2.69 bits per heavy atom. The third-order valence-corrected chi connectivity index (χ3v) is 5.90. The van der Waals surface area contributed by atoms with Crippen molar-refractivity contribution in [3.63, 3.8) is 0 Å². The lowest BCUT2D eigenvalue weighted by molar-refractivity contribution is 0.0799. The van der Waals surface area contributed by atoms with Crippen molar-refractivity contribution >= 4 is 11.0 Å². The summed E-state index contributed by atoms with van der Waals surface area (Å²) in [4.78, 5) is 17.1. The lowest BCUT2D eigenvalue weighted by atomic mass is 9.99. The van der Waals surface area contributed by atoms with Crippen molar-refractivity contribution < 1.29 is 9.47 Å². The van der Waals surface area contributed by atoms with E-state index in [0.717, 1.165) is 66.1 Å². The minimum atomic E-state index is 0.0376. The third-order valence-electron chi connectivity index (χ3n) is 5.90. The van der Waals surface area contributed by atoms with Gasteiger partial charge in [0.15, 0.2) is 0 Å². The van der Waals surface area contributed by atoms with Crippen molar-refractivity contribution in [2.24, 2.45) is 7.05 Å². The minimum absolute atomic E-state index is 0.0376. The van der Waals surface area contributed by atoms with Gasteiger partial charge in [-0.3, -0.25) is 4.79 Å². The van der Waals surface area contributed by atoms with Crippen LogP contribution in [-0.4, -0.2) is 40.5 Å². The Balaban J connectivity index is 1.84. The van der Waals surface area contributed by atoms with E-state index in [1.165, 1.54) is 0 Å². The summed E-state index contributed by atoms with van der Waals surface area (Å²) in [6.07, 6.45) is 3.98. The maximum Gasteiger partial charge on any atom is 0.253 e. The summed E-state index contributed by atoms with van der Waals surface area (Å²) in [5.41, 5.74) is 5.01. The van der Waals surface area contributed by atoms with E-state index >= 15 is 0 Å². The Kier molecular flexibility index (Phi) is 5.56. The van der Waals surface area contributed by atoms with Gasteiger partial charge in [0.1, 0.15) is 5.82 Å². The quantitative estimate of drug-likeness (QED) is 0.662. The molecule has 0 amide bonds. The fraction of sp³-hybridized carbons (Fsp3) is 0.478. The Labute approximate surface area is 171 Å². The summed E-state index contributed by atoms with van der Waals surface area (Å²) in [6.45, 7) is 6.28. The molecule has 1 atom stereocenters. The molecule has 154 valence electrons. The van der Waals surface area contributed by atoms with E-state index in [4.69, 9.17) is 14.5 Å². The molecule has 6 nitrogen and oxygen atoms in total. The lowest BCUT2D eigenvalue weighted by Gasteiger charge is -2.23. The molecule has 4 rings (SSSR count). The van der Waals surface area contributed by atoms with Crippen molar-refractivity contribution in [3.8, 4) is 11.1 Å².